The fourth-order valence-electron chi connectivity index (χ4n) is 2.13. The molecule has 0 saturated heterocycles. The first-order chi connectivity index (χ1) is 10.0. The SMILES string of the molecule is CCNCCCS(=O)(=O)Nc1ccc(Br)c2ccccc12. The maximum Gasteiger partial charge on any atom is 0.232 e. The van der Waals surface area contributed by atoms with Gasteiger partial charge in [-0.05, 0) is 37.0 Å². The molecule has 114 valence electrons. The smallest absolute Gasteiger partial charge is 0.232 e. The predicted molar refractivity (Wildman–Crippen MR) is 92.2 cm³/mol. The van der Waals surface area contributed by atoms with Crippen LogP contribution >= 0.6 is 15.9 Å². The minimum Gasteiger partial charge on any atom is -0.317 e. The van der Waals surface area contributed by atoms with E-state index >= 15 is 0 Å². The summed E-state index contributed by atoms with van der Waals surface area (Å²) < 4.78 is 27.9. The van der Waals surface area contributed by atoms with Gasteiger partial charge in [0.15, 0.2) is 0 Å². The second-order valence-electron chi connectivity index (χ2n) is 4.77. The van der Waals surface area contributed by atoms with Gasteiger partial charge in [0.25, 0.3) is 0 Å². The highest BCUT2D eigenvalue weighted by molar-refractivity contribution is 9.10. The van der Waals surface area contributed by atoms with Crippen molar-refractivity contribution in [3.63, 3.8) is 0 Å². The van der Waals surface area contributed by atoms with E-state index in [4.69, 9.17) is 0 Å². The fourth-order valence-corrected chi connectivity index (χ4v) is 3.75. The van der Waals surface area contributed by atoms with Crippen molar-refractivity contribution in [3.8, 4) is 0 Å². The molecule has 0 amide bonds. The summed E-state index contributed by atoms with van der Waals surface area (Å²) in [6.45, 7) is 3.56. The zero-order valence-electron chi connectivity index (χ0n) is 11.9. The van der Waals surface area contributed by atoms with Crippen LogP contribution in [0.25, 0.3) is 10.8 Å². The molecule has 2 N–H and O–H groups in total. The predicted octanol–water partition coefficient (Wildman–Crippen LogP) is 3.34. The maximum atomic E-state index is 12.1. The Kier molecular flexibility index (Phi) is 5.61. The van der Waals surface area contributed by atoms with Crippen molar-refractivity contribution in [1.82, 2.24) is 5.32 Å². The van der Waals surface area contributed by atoms with Crippen LogP contribution in [0.15, 0.2) is 40.9 Å². The largest absolute Gasteiger partial charge is 0.317 e. The summed E-state index contributed by atoms with van der Waals surface area (Å²) in [5.74, 6) is 0.115. The van der Waals surface area contributed by atoms with E-state index in [1.807, 2.05) is 37.3 Å². The molecule has 2 rings (SSSR count). The minimum atomic E-state index is -3.32. The lowest BCUT2D eigenvalue weighted by atomic mass is 10.1. The van der Waals surface area contributed by atoms with Crippen LogP contribution in [0.1, 0.15) is 13.3 Å². The van der Waals surface area contributed by atoms with Gasteiger partial charge in [-0.3, -0.25) is 4.72 Å². The van der Waals surface area contributed by atoms with Crippen molar-refractivity contribution in [2.24, 2.45) is 0 Å². The molecule has 0 aromatic heterocycles. The second kappa shape index (κ2) is 7.24. The standard InChI is InChI=1S/C15H19BrN2O2S/c1-2-17-10-5-11-21(19,20)18-15-9-8-14(16)12-6-3-4-7-13(12)15/h3-4,6-9,17-18H,2,5,10-11H2,1H3. The monoisotopic (exact) mass is 370 g/mol. The third-order valence-electron chi connectivity index (χ3n) is 3.15. The van der Waals surface area contributed by atoms with E-state index in [2.05, 4.69) is 26.0 Å². The molecular formula is C15H19BrN2O2S. The lowest BCUT2D eigenvalue weighted by Crippen LogP contribution is -2.22. The summed E-state index contributed by atoms with van der Waals surface area (Å²) in [7, 11) is -3.32. The highest BCUT2D eigenvalue weighted by Gasteiger charge is 2.12. The first-order valence-electron chi connectivity index (χ1n) is 6.92. The average Bonchev–Trinajstić information content (AvgIpc) is 2.47. The van der Waals surface area contributed by atoms with Gasteiger partial charge in [0.05, 0.1) is 11.4 Å². The maximum absolute atomic E-state index is 12.1. The lowest BCUT2D eigenvalue weighted by molar-refractivity contribution is 0.595. The molecule has 0 unspecified atom stereocenters. The molecule has 0 radical (unpaired) electrons. The topological polar surface area (TPSA) is 58.2 Å². The molecule has 2 aromatic carbocycles. The summed E-state index contributed by atoms with van der Waals surface area (Å²) in [6, 6.07) is 11.4. The highest BCUT2D eigenvalue weighted by Crippen LogP contribution is 2.30. The van der Waals surface area contributed by atoms with Crippen LogP contribution in [0, 0.1) is 0 Å². The number of hydrogen-bond acceptors (Lipinski definition) is 3. The third kappa shape index (κ3) is 4.43. The summed E-state index contributed by atoms with van der Waals surface area (Å²) in [5.41, 5.74) is 0.622. The van der Waals surface area contributed by atoms with Gasteiger partial charge in [-0.1, -0.05) is 47.1 Å². The number of halogens is 1. The zero-order valence-corrected chi connectivity index (χ0v) is 14.3. The molecule has 0 aliphatic heterocycles. The number of hydrogen-bond donors (Lipinski definition) is 2. The van der Waals surface area contributed by atoms with Crippen molar-refractivity contribution in [2.75, 3.05) is 23.6 Å². The van der Waals surface area contributed by atoms with Gasteiger partial charge in [0, 0.05) is 9.86 Å². The Bertz CT molecular complexity index is 717. The number of fused-ring (bicyclic) bond motifs is 1. The molecule has 6 heteroatoms. The Hall–Kier alpha value is -1.11. The fraction of sp³-hybridized carbons (Fsp3) is 0.333. The van der Waals surface area contributed by atoms with E-state index in [9.17, 15) is 8.42 Å². The number of anilines is 1. The van der Waals surface area contributed by atoms with E-state index in [0.717, 1.165) is 21.8 Å². The van der Waals surface area contributed by atoms with E-state index in [1.54, 1.807) is 6.07 Å². The molecule has 0 atom stereocenters. The van der Waals surface area contributed by atoms with Gasteiger partial charge < -0.3 is 5.32 Å². The van der Waals surface area contributed by atoms with Crippen LogP contribution in [0.3, 0.4) is 0 Å². The van der Waals surface area contributed by atoms with Crippen LogP contribution in [0.2, 0.25) is 0 Å². The summed E-state index contributed by atoms with van der Waals surface area (Å²) >= 11 is 3.48. The minimum absolute atomic E-state index is 0.115. The molecule has 0 aliphatic carbocycles. The van der Waals surface area contributed by atoms with Crippen molar-refractivity contribution in [2.45, 2.75) is 13.3 Å². The summed E-state index contributed by atoms with van der Waals surface area (Å²) in [6.07, 6.45) is 0.595. The van der Waals surface area contributed by atoms with Crippen molar-refractivity contribution in [1.29, 1.82) is 0 Å². The summed E-state index contributed by atoms with van der Waals surface area (Å²) in [5, 5.41) is 5.01. The van der Waals surface area contributed by atoms with E-state index < -0.39 is 10.0 Å². The molecule has 0 spiro atoms. The van der Waals surface area contributed by atoms with Gasteiger partial charge in [-0.25, -0.2) is 8.42 Å². The Balaban J connectivity index is 2.18. The Morgan fingerprint density at radius 3 is 2.52 bits per heavy atom. The number of nitrogens with one attached hydrogen (secondary N) is 2. The molecule has 0 aliphatic rings. The zero-order chi connectivity index (χ0) is 15.3. The molecule has 0 fully saturated rings. The van der Waals surface area contributed by atoms with Gasteiger partial charge in [0.1, 0.15) is 0 Å². The highest BCUT2D eigenvalue weighted by atomic mass is 79.9. The molecular weight excluding hydrogens is 352 g/mol. The summed E-state index contributed by atoms with van der Waals surface area (Å²) in [4.78, 5) is 0. The first kappa shape index (κ1) is 16.3. The number of benzene rings is 2. The van der Waals surface area contributed by atoms with Crippen molar-refractivity contribution in [3.05, 3.63) is 40.9 Å². The average molecular weight is 371 g/mol. The first-order valence-corrected chi connectivity index (χ1v) is 9.36. The molecule has 0 heterocycles. The van der Waals surface area contributed by atoms with Crippen LogP contribution in [-0.4, -0.2) is 27.3 Å². The second-order valence-corrected chi connectivity index (χ2v) is 7.46. The Morgan fingerprint density at radius 1 is 1.10 bits per heavy atom. The third-order valence-corrected chi connectivity index (χ3v) is 5.20. The van der Waals surface area contributed by atoms with Crippen LogP contribution < -0.4 is 10.0 Å². The molecule has 0 saturated carbocycles. The van der Waals surface area contributed by atoms with E-state index in [1.165, 1.54) is 0 Å². The quantitative estimate of drug-likeness (QED) is 0.734. The molecule has 0 bridgehead atoms. The molecule has 2 aromatic rings. The van der Waals surface area contributed by atoms with Crippen molar-refractivity contribution >= 4 is 42.4 Å². The molecule has 21 heavy (non-hydrogen) atoms. The van der Waals surface area contributed by atoms with Crippen LogP contribution in [-0.2, 0) is 10.0 Å². The lowest BCUT2D eigenvalue weighted by Gasteiger charge is -2.11. The Morgan fingerprint density at radius 2 is 1.81 bits per heavy atom. The normalized spacial score (nSPS) is 11.7. The van der Waals surface area contributed by atoms with E-state index in [-0.39, 0.29) is 5.75 Å². The number of rotatable bonds is 7. The van der Waals surface area contributed by atoms with Gasteiger partial charge in [0.2, 0.25) is 10.0 Å². The van der Waals surface area contributed by atoms with Gasteiger partial charge in [-0.15, -0.1) is 0 Å². The molecule has 4 nitrogen and oxygen atoms in total. The van der Waals surface area contributed by atoms with E-state index in [0.29, 0.717) is 18.7 Å². The Labute approximate surface area is 134 Å². The van der Waals surface area contributed by atoms with Gasteiger partial charge >= 0.3 is 0 Å². The van der Waals surface area contributed by atoms with Crippen LogP contribution in [0.4, 0.5) is 5.69 Å². The van der Waals surface area contributed by atoms with Crippen LogP contribution in [0.5, 0.6) is 0 Å². The van der Waals surface area contributed by atoms with Gasteiger partial charge in [-0.2, -0.15) is 0 Å². The van der Waals surface area contributed by atoms with Crippen molar-refractivity contribution < 1.29 is 8.42 Å². The number of sulfonamides is 1.